The number of anilines is 1. The first-order chi connectivity index (χ1) is 15.1. The third-order valence-corrected chi connectivity index (χ3v) is 5.94. The second-order valence-corrected chi connectivity index (χ2v) is 7.75. The van der Waals surface area contributed by atoms with Crippen LogP contribution in [-0.4, -0.2) is 33.1 Å². The molecule has 0 N–H and O–H groups in total. The van der Waals surface area contributed by atoms with Gasteiger partial charge in [0.15, 0.2) is 17.3 Å². The molecule has 0 aliphatic carbocycles. The number of nitrogens with zero attached hydrogens (tertiary/aromatic N) is 1. The lowest BCUT2D eigenvalue weighted by atomic mass is 9.88. The summed E-state index contributed by atoms with van der Waals surface area (Å²) in [5.74, 6) is 1.21. The zero-order valence-electron chi connectivity index (χ0n) is 17.8. The fourth-order valence-corrected chi connectivity index (χ4v) is 4.13. The smallest absolute Gasteiger partial charge is 0.166 e. The molecule has 0 spiro atoms. The first kappa shape index (κ1) is 20.9. The van der Waals surface area contributed by atoms with Gasteiger partial charge in [0, 0.05) is 30.3 Å². The summed E-state index contributed by atoms with van der Waals surface area (Å²) in [6.45, 7) is 1.65. The molecule has 3 aromatic carbocycles. The summed E-state index contributed by atoms with van der Waals surface area (Å²) in [6.07, 6.45) is 1.60. The third kappa shape index (κ3) is 4.55. The Kier molecular flexibility index (Phi) is 6.21. The molecule has 1 fully saturated rings. The van der Waals surface area contributed by atoms with Crippen LogP contribution in [0.25, 0.3) is 11.1 Å². The van der Waals surface area contributed by atoms with E-state index in [1.807, 2.05) is 18.2 Å². The number of ether oxygens (including phenoxy) is 2. The molecule has 3 aromatic rings. The van der Waals surface area contributed by atoms with Crippen molar-refractivity contribution in [1.82, 2.24) is 0 Å². The number of carbonyl (C=O) groups is 1. The molecule has 0 atom stereocenters. The molecular formula is C26H26FNO3. The second-order valence-electron chi connectivity index (χ2n) is 7.75. The lowest BCUT2D eigenvalue weighted by Crippen LogP contribution is -2.36. The van der Waals surface area contributed by atoms with Gasteiger partial charge < -0.3 is 14.4 Å². The van der Waals surface area contributed by atoms with Crippen LogP contribution in [0.1, 0.15) is 23.2 Å². The van der Waals surface area contributed by atoms with E-state index in [4.69, 9.17) is 9.47 Å². The van der Waals surface area contributed by atoms with Crippen LogP contribution in [0.5, 0.6) is 11.5 Å². The fraction of sp³-hybridized carbons (Fsp3) is 0.269. The van der Waals surface area contributed by atoms with Crippen molar-refractivity contribution in [1.29, 1.82) is 0 Å². The first-order valence-electron chi connectivity index (χ1n) is 10.5. The maximum absolute atomic E-state index is 13.1. The van der Waals surface area contributed by atoms with Gasteiger partial charge in [-0.3, -0.25) is 4.79 Å². The van der Waals surface area contributed by atoms with Crippen molar-refractivity contribution in [3.63, 3.8) is 0 Å². The number of rotatable bonds is 6. The highest BCUT2D eigenvalue weighted by molar-refractivity contribution is 5.98. The van der Waals surface area contributed by atoms with Crippen LogP contribution in [-0.2, 0) is 0 Å². The number of carbonyl (C=O) groups excluding carboxylic acids is 1. The molecule has 1 aliphatic heterocycles. The number of hydrogen-bond donors (Lipinski definition) is 0. The van der Waals surface area contributed by atoms with E-state index in [1.165, 1.54) is 12.1 Å². The van der Waals surface area contributed by atoms with Gasteiger partial charge in [0.25, 0.3) is 0 Å². The van der Waals surface area contributed by atoms with Gasteiger partial charge in [-0.25, -0.2) is 4.39 Å². The molecule has 0 saturated carbocycles. The van der Waals surface area contributed by atoms with E-state index in [2.05, 4.69) is 29.2 Å². The highest BCUT2D eigenvalue weighted by Gasteiger charge is 2.26. The third-order valence-electron chi connectivity index (χ3n) is 5.94. The molecule has 160 valence electrons. The minimum absolute atomic E-state index is 0.00671. The maximum atomic E-state index is 13.1. The van der Waals surface area contributed by atoms with Crippen LogP contribution < -0.4 is 14.4 Å². The quantitative estimate of drug-likeness (QED) is 0.487. The van der Waals surface area contributed by atoms with Gasteiger partial charge in [-0.1, -0.05) is 18.2 Å². The molecule has 31 heavy (non-hydrogen) atoms. The normalized spacial score (nSPS) is 14.4. The Morgan fingerprint density at radius 3 is 2.06 bits per heavy atom. The highest BCUT2D eigenvalue weighted by Crippen LogP contribution is 2.33. The summed E-state index contributed by atoms with van der Waals surface area (Å²) < 4.78 is 23.8. The Labute approximate surface area is 182 Å². The average molecular weight is 419 g/mol. The van der Waals surface area contributed by atoms with Crippen LogP contribution >= 0.6 is 0 Å². The van der Waals surface area contributed by atoms with Crippen LogP contribution in [0.15, 0.2) is 66.7 Å². The number of halogens is 1. The number of ketones is 1. The van der Waals surface area contributed by atoms with Crippen molar-refractivity contribution >= 4 is 11.5 Å². The number of Topliss-reactive ketones (excluding diaryl/α,β-unsaturated/α-hetero) is 1. The van der Waals surface area contributed by atoms with Crippen molar-refractivity contribution in [2.75, 3.05) is 32.2 Å². The van der Waals surface area contributed by atoms with E-state index >= 15 is 0 Å². The van der Waals surface area contributed by atoms with Gasteiger partial charge in [-0.2, -0.15) is 0 Å². The number of hydrogen-bond acceptors (Lipinski definition) is 4. The van der Waals surface area contributed by atoms with Gasteiger partial charge in [0.1, 0.15) is 5.82 Å². The summed E-state index contributed by atoms with van der Waals surface area (Å²) in [6, 6.07) is 20.2. The van der Waals surface area contributed by atoms with E-state index in [1.54, 1.807) is 26.4 Å². The number of benzene rings is 3. The lowest BCUT2D eigenvalue weighted by molar-refractivity contribution is 0.0900. The first-order valence-corrected chi connectivity index (χ1v) is 10.5. The second kappa shape index (κ2) is 9.21. The predicted molar refractivity (Wildman–Crippen MR) is 121 cm³/mol. The standard InChI is InChI=1S/C26H26FNO3/c1-30-24-12-7-21(17-25(24)31-2)18-5-10-23(11-6-18)28-15-13-20(14-16-28)26(29)19-3-8-22(27)9-4-19/h3-12,17,20H,13-16H2,1-2H3. The summed E-state index contributed by atoms with van der Waals surface area (Å²) >= 11 is 0. The minimum atomic E-state index is -0.317. The monoisotopic (exact) mass is 419 g/mol. The van der Waals surface area contributed by atoms with Crippen LogP contribution in [0.3, 0.4) is 0 Å². The van der Waals surface area contributed by atoms with Gasteiger partial charge in [-0.05, 0) is 72.5 Å². The molecule has 4 rings (SSSR count). The van der Waals surface area contributed by atoms with Crippen molar-refractivity contribution in [2.45, 2.75) is 12.8 Å². The molecule has 0 radical (unpaired) electrons. The molecule has 1 aliphatic rings. The molecule has 4 nitrogen and oxygen atoms in total. The van der Waals surface area contributed by atoms with Crippen molar-refractivity contribution < 1.29 is 18.7 Å². The van der Waals surface area contributed by atoms with E-state index in [0.29, 0.717) is 17.1 Å². The van der Waals surface area contributed by atoms with Gasteiger partial charge in [-0.15, -0.1) is 0 Å². The largest absolute Gasteiger partial charge is 0.493 e. The Morgan fingerprint density at radius 2 is 1.45 bits per heavy atom. The predicted octanol–water partition coefficient (Wildman–Crippen LogP) is 5.61. The highest BCUT2D eigenvalue weighted by atomic mass is 19.1. The van der Waals surface area contributed by atoms with Crippen molar-refractivity contribution in [3.8, 4) is 22.6 Å². The van der Waals surface area contributed by atoms with Gasteiger partial charge in [0.05, 0.1) is 14.2 Å². The Hall–Kier alpha value is -3.34. The van der Waals surface area contributed by atoms with E-state index in [0.717, 1.165) is 42.7 Å². The molecule has 0 amide bonds. The van der Waals surface area contributed by atoms with E-state index in [9.17, 15) is 9.18 Å². The van der Waals surface area contributed by atoms with Gasteiger partial charge in [0.2, 0.25) is 0 Å². The SMILES string of the molecule is COc1ccc(-c2ccc(N3CCC(C(=O)c4ccc(F)cc4)CC3)cc2)cc1OC. The zero-order chi connectivity index (χ0) is 21.8. The molecule has 1 saturated heterocycles. The lowest BCUT2D eigenvalue weighted by Gasteiger charge is -2.33. The molecule has 1 heterocycles. The van der Waals surface area contributed by atoms with E-state index in [-0.39, 0.29) is 17.5 Å². The van der Waals surface area contributed by atoms with Crippen LogP contribution in [0.4, 0.5) is 10.1 Å². The van der Waals surface area contributed by atoms with Crippen LogP contribution in [0, 0.1) is 11.7 Å². The summed E-state index contributed by atoms with van der Waals surface area (Å²) in [5, 5.41) is 0. The summed E-state index contributed by atoms with van der Waals surface area (Å²) in [7, 11) is 3.26. The fourth-order valence-electron chi connectivity index (χ4n) is 4.13. The molecule has 0 bridgehead atoms. The number of piperidine rings is 1. The molecule has 0 aromatic heterocycles. The van der Waals surface area contributed by atoms with Crippen molar-refractivity contribution in [2.24, 2.45) is 5.92 Å². The molecular weight excluding hydrogens is 393 g/mol. The number of methoxy groups -OCH3 is 2. The average Bonchev–Trinajstić information content (AvgIpc) is 2.84. The van der Waals surface area contributed by atoms with Gasteiger partial charge >= 0.3 is 0 Å². The maximum Gasteiger partial charge on any atom is 0.166 e. The summed E-state index contributed by atoms with van der Waals surface area (Å²) in [4.78, 5) is 15.0. The zero-order valence-corrected chi connectivity index (χ0v) is 17.8. The van der Waals surface area contributed by atoms with Crippen LogP contribution in [0.2, 0.25) is 0 Å². The topological polar surface area (TPSA) is 38.8 Å². The summed E-state index contributed by atoms with van der Waals surface area (Å²) in [5.41, 5.74) is 3.91. The minimum Gasteiger partial charge on any atom is -0.493 e. The van der Waals surface area contributed by atoms with Crippen molar-refractivity contribution in [3.05, 3.63) is 78.1 Å². The Balaban J connectivity index is 1.40. The van der Waals surface area contributed by atoms with E-state index < -0.39 is 0 Å². The molecule has 0 unspecified atom stereocenters. The Morgan fingerprint density at radius 1 is 0.839 bits per heavy atom. The Bertz CT molecular complexity index is 1040. The molecule has 5 heteroatoms.